The molecular formula is C13H28N2OS. The molecule has 0 aromatic carbocycles. The van der Waals surface area contributed by atoms with Crippen molar-refractivity contribution in [1.29, 1.82) is 0 Å². The van der Waals surface area contributed by atoms with Crippen LogP contribution >= 0.6 is 11.8 Å². The van der Waals surface area contributed by atoms with Gasteiger partial charge in [0, 0.05) is 12.6 Å². The Balaban J connectivity index is 3.60. The summed E-state index contributed by atoms with van der Waals surface area (Å²) in [4.78, 5) is 11.6. The standard InChI is InChI=1S/C13H28N2OS/c1-4-5-6-12(9-14)15-13(16)10-17-8-7-11(2)3/h11-12H,4-10,14H2,1-3H3,(H,15,16). The number of amides is 1. The summed E-state index contributed by atoms with van der Waals surface area (Å²) in [5, 5.41) is 3.00. The van der Waals surface area contributed by atoms with Crippen LogP contribution in [0.5, 0.6) is 0 Å². The van der Waals surface area contributed by atoms with Gasteiger partial charge in [0.25, 0.3) is 0 Å². The highest BCUT2D eigenvalue weighted by Crippen LogP contribution is 2.08. The van der Waals surface area contributed by atoms with Gasteiger partial charge >= 0.3 is 0 Å². The van der Waals surface area contributed by atoms with Gasteiger partial charge in [0.2, 0.25) is 5.91 Å². The number of rotatable bonds is 10. The molecule has 17 heavy (non-hydrogen) atoms. The first kappa shape index (κ1) is 16.8. The van der Waals surface area contributed by atoms with E-state index in [4.69, 9.17) is 5.73 Å². The van der Waals surface area contributed by atoms with Gasteiger partial charge in [-0.25, -0.2) is 0 Å². The highest BCUT2D eigenvalue weighted by atomic mass is 32.2. The molecular weight excluding hydrogens is 232 g/mol. The van der Waals surface area contributed by atoms with E-state index in [-0.39, 0.29) is 11.9 Å². The predicted molar refractivity (Wildman–Crippen MR) is 77.3 cm³/mol. The Labute approximate surface area is 110 Å². The van der Waals surface area contributed by atoms with Crippen LogP contribution in [-0.4, -0.2) is 30.0 Å². The zero-order chi connectivity index (χ0) is 13.1. The first-order chi connectivity index (χ1) is 8.10. The monoisotopic (exact) mass is 260 g/mol. The second kappa shape index (κ2) is 10.9. The fourth-order valence-electron chi connectivity index (χ4n) is 1.45. The molecule has 0 aromatic heterocycles. The molecule has 0 spiro atoms. The van der Waals surface area contributed by atoms with Gasteiger partial charge in [-0.2, -0.15) is 11.8 Å². The van der Waals surface area contributed by atoms with Crippen molar-refractivity contribution in [3.63, 3.8) is 0 Å². The largest absolute Gasteiger partial charge is 0.351 e. The van der Waals surface area contributed by atoms with E-state index in [2.05, 4.69) is 26.1 Å². The summed E-state index contributed by atoms with van der Waals surface area (Å²) in [6.07, 6.45) is 4.45. The first-order valence-electron chi connectivity index (χ1n) is 6.67. The third-order valence-electron chi connectivity index (χ3n) is 2.63. The van der Waals surface area contributed by atoms with Crippen molar-refractivity contribution in [2.24, 2.45) is 11.7 Å². The van der Waals surface area contributed by atoms with Crippen LogP contribution in [-0.2, 0) is 4.79 Å². The quantitative estimate of drug-likeness (QED) is 0.593. The van der Waals surface area contributed by atoms with E-state index in [1.54, 1.807) is 11.8 Å². The molecule has 1 atom stereocenters. The molecule has 1 amide bonds. The molecule has 0 aliphatic rings. The normalized spacial score (nSPS) is 12.8. The molecule has 102 valence electrons. The van der Waals surface area contributed by atoms with Crippen LogP contribution in [0.15, 0.2) is 0 Å². The third kappa shape index (κ3) is 10.6. The molecule has 0 saturated heterocycles. The summed E-state index contributed by atoms with van der Waals surface area (Å²) in [5.74, 6) is 2.47. The lowest BCUT2D eigenvalue weighted by Gasteiger charge is -2.16. The summed E-state index contributed by atoms with van der Waals surface area (Å²) in [5.41, 5.74) is 5.63. The van der Waals surface area contributed by atoms with Crippen molar-refractivity contribution in [1.82, 2.24) is 5.32 Å². The molecule has 0 saturated carbocycles. The number of nitrogens with one attached hydrogen (secondary N) is 1. The van der Waals surface area contributed by atoms with Crippen molar-refractivity contribution in [3.05, 3.63) is 0 Å². The zero-order valence-corrected chi connectivity index (χ0v) is 12.3. The van der Waals surface area contributed by atoms with Gasteiger partial charge in [-0.15, -0.1) is 0 Å². The summed E-state index contributed by atoms with van der Waals surface area (Å²) < 4.78 is 0. The lowest BCUT2D eigenvalue weighted by Crippen LogP contribution is -2.41. The van der Waals surface area contributed by atoms with Crippen molar-refractivity contribution in [2.45, 2.75) is 52.5 Å². The van der Waals surface area contributed by atoms with E-state index in [9.17, 15) is 4.79 Å². The number of hydrogen-bond donors (Lipinski definition) is 2. The fourth-order valence-corrected chi connectivity index (χ4v) is 2.50. The van der Waals surface area contributed by atoms with Gasteiger partial charge < -0.3 is 11.1 Å². The van der Waals surface area contributed by atoms with Crippen LogP contribution in [0.4, 0.5) is 0 Å². The van der Waals surface area contributed by atoms with E-state index in [0.29, 0.717) is 18.2 Å². The number of unbranched alkanes of at least 4 members (excludes halogenated alkanes) is 1. The molecule has 0 aliphatic carbocycles. The lowest BCUT2D eigenvalue weighted by molar-refractivity contribution is -0.119. The lowest BCUT2D eigenvalue weighted by atomic mass is 10.1. The highest BCUT2D eigenvalue weighted by molar-refractivity contribution is 7.99. The summed E-state index contributed by atoms with van der Waals surface area (Å²) in [6.45, 7) is 7.10. The van der Waals surface area contributed by atoms with Gasteiger partial charge in [0.15, 0.2) is 0 Å². The topological polar surface area (TPSA) is 55.1 Å². The molecule has 0 radical (unpaired) electrons. The smallest absolute Gasteiger partial charge is 0.230 e. The van der Waals surface area contributed by atoms with Crippen molar-refractivity contribution >= 4 is 17.7 Å². The molecule has 3 nitrogen and oxygen atoms in total. The van der Waals surface area contributed by atoms with Gasteiger partial charge in [0.1, 0.15) is 0 Å². The second-order valence-corrected chi connectivity index (χ2v) is 5.98. The summed E-state index contributed by atoms with van der Waals surface area (Å²) in [7, 11) is 0. The average Bonchev–Trinajstić information content (AvgIpc) is 2.29. The highest BCUT2D eigenvalue weighted by Gasteiger charge is 2.09. The maximum absolute atomic E-state index is 11.6. The number of carbonyl (C=O) groups excluding carboxylic acids is 1. The molecule has 0 heterocycles. The minimum Gasteiger partial charge on any atom is -0.351 e. The SMILES string of the molecule is CCCCC(CN)NC(=O)CSCCC(C)C. The van der Waals surface area contributed by atoms with Crippen LogP contribution in [0.1, 0.15) is 46.5 Å². The van der Waals surface area contributed by atoms with E-state index in [1.165, 1.54) is 6.42 Å². The fraction of sp³-hybridized carbons (Fsp3) is 0.923. The third-order valence-corrected chi connectivity index (χ3v) is 3.62. The molecule has 0 bridgehead atoms. The van der Waals surface area contributed by atoms with E-state index in [1.807, 2.05) is 0 Å². The Morgan fingerprint density at radius 2 is 2.06 bits per heavy atom. The molecule has 0 rings (SSSR count). The van der Waals surface area contributed by atoms with Crippen LogP contribution < -0.4 is 11.1 Å². The van der Waals surface area contributed by atoms with Crippen LogP contribution in [0, 0.1) is 5.92 Å². The van der Waals surface area contributed by atoms with Crippen LogP contribution in [0.25, 0.3) is 0 Å². The van der Waals surface area contributed by atoms with E-state index >= 15 is 0 Å². The Morgan fingerprint density at radius 1 is 1.35 bits per heavy atom. The molecule has 0 aromatic rings. The van der Waals surface area contributed by atoms with Crippen molar-refractivity contribution < 1.29 is 4.79 Å². The molecule has 1 unspecified atom stereocenters. The van der Waals surface area contributed by atoms with Gasteiger partial charge in [0.05, 0.1) is 5.75 Å². The van der Waals surface area contributed by atoms with Crippen LogP contribution in [0.2, 0.25) is 0 Å². The number of carbonyl (C=O) groups is 1. The van der Waals surface area contributed by atoms with E-state index < -0.39 is 0 Å². The minimum atomic E-state index is 0.130. The van der Waals surface area contributed by atoms with Gasteiger partial charge in [-0.05, 0) is 24.5 Å². The molecule has 3 N–H and O–H groups in total. The maximum Gasteiger partial charge on any atom is 0.230 e. The van der Waals surface area contributed by atoms with Crippen LogP contribution in [0.3, 0.4) is 0 Å². The molecule has 0 fully saturated rings. The number of hydrogen-bond acceptors (Lipinski definition) is 3. The second-order valence-electron chi connectivity index (χ2n) is 4.88. The Morgan fingerprint density at radius 3 is 2.59 bits per heavy atom. The molecule has 4 heteroatoms. The Kier molecular flexibility index (Phi) is 10.8. The summed E-state index contributed by atoms with van der Waals surface area (Å²) in [6, 6.07) is 0.160. The van der Waals surface area contributed by atoms with Crippen molar-refractivity contribution in [2.75, 3.05) is 18.1 Å². The molecule has 0 aliphatic heterocycles. The predicted octanol–water partition coefficient (Wildman–Crippen LogP) is 2.40. The average molecular weight is 260 g/mol. The Hall–Kier alpha value is -0.220. The Bertz CT molecular complexity index is 198. The minimum absolute atomic E-state index is 0.130. The number of nitrogens with two attached hydrogens (primary N) is 1. The summed E-state index contributed by atoms with van der Waals surface area (Å²) >= 11 is 1.71. The van der Waals surface area contributed by atoms with Crippen molar-refractivity contribution in [3.8, 4) is 0 Å². The van der Waals surface area contributed by atoms with Gasteiger partial charge in [-0.3, -0.25) is 4.79 Å². The number of thioether (sulfide) groups is 1. The van der Waals surface area contributed by atoms with E-state index in [0.717, 1.165) is 25.0 Å². The van der Waals surface area contributed by atoms with Gasteiger partial charge in [-0.1, -0.05) is 33.6 Å². The zero-order valence-electron chi connectivity index (χ0n) is 11.5. The maximum atomic E-state index is 11.6. The first-order valence-corrected chi connectivity index (χ1v) is 7.82.